The van der Waals surface area contributed by atoms with E-state index >= 15 is 0 Å². The van der Waals surface area contributed by atoms with Crippen LogP contribution in [0.4, 0.5) is 0 Å². The van der Waals surface area contributed by atoms with Crippen LogP contribution >= 0.6 is 0 Å². The van der Waals surface area contributed by atoms with Crippen LogP contribution in [0.3, 0.4) is 0 Å². The Balaban J connectivity index is 1.64. The Labute approximate surface area is 102 Å². The zero-order valence-corrected chi connectivity index (χ0v) is 10.0. The van der Waals surface area contributed by atoms with E-state index in [1.807, 2.05) is 18.2 Å². The number of benzene rings is 1. The molecular weight excluding hydrogens is 212 g/mol. The molecule has 0 bridgehead atoms. The van der Waals surface area contributed by atoms with Gasteiger partial charge in [0.2, 0.25) is 0 Å². The first-order chi connectivity index (χ1) is 8.30. The molecule has 0 radical (unpaired) electrons. The van der Waals surface area contributed by atoms with E-state index in [0.717, 1.165) is 32.1 Å². The van der Waals surface area contributed by atoms with Crippen molar-refractivity contribution in [2.45, 2.75) is 50.2 Å². The molecule has 1 saturated heterocycles. The number of ketones is 1. The average Bonchev–Trinajstić information content (AvgIpc) is 2.40. The predicted octanol–water partition coefficient (Wildman–Crippen LogP) is 2.90. The number of carbonyl (C=O) groups excluding carboxylic acids is 1. The van der Waals surface area contributed by atoms with Gasteiger partial charge in [0.05, 0.1) is 0 Å². The van der Waals surface area contributed by atoms with E-state index in [2.05, 4.69) is 12.1 Å². The summed E-state index contributed by atoms with van der Waals surface area (Å²) in [5, 5.41) is 0. The van der Waals surface area contributed by atoms with Crippen LogP contribution in [0.1, 0.15) is 37.7 Å². The Morgan fingerprint density at radius 1 is 1.12 bits per heavy atom. The van der Waals surface area contributed by atoms with E-state index in [1.54, 1.807) is 0 Å². The lowest BCUT2D eigenvalue weighted by Crippen LogP contribution is -2.62. The minimum Gasteiger partial charge on any atom is -0.356 e. The number of ether oxygens (including phenoxy) is 1. The summed E-state index contributed by atoms with van der Waals surface area (Å²) in [5.41, 5.74) is 0.814. The largest absolute Gasteiger partial charge is 0.356 e. The first-order valence-corrected chi connectivity index (χ1v) is 6.56. The highest BCUT2D eigenvalue weighted by Crippen LogP contribution is 2.42. The normalized spacial score (nSPS) is 26.8. The Morgan fingerprint density at radius 2 is 1.82 bits per heavy atom. The second-order valence-corrected chi connectivity index (χ2v) is 5.22. The van der Waals surface area contributed by atoms with Gasteiger partial charge >= 0.3 is 0 Å². The SMILES string of the molecule is O=C1C(Cc2ccccc2)OC12CCCCC2. The fourth-order valence-electron chi connectivity index (χ4n) is 3.07. The molecule has 1 aromatic rings. The molecule has 90 valence electrons. The molecule has 2 nitrogen and oxygen atoms in total. The van der Waals surface area contributed by atoms with Crippen molar-refractivity contribution in [2.75, 3.05) is 0 Å². The van der Waals surface area contributed by atoms with Crippen molar-refractivity contribution >= 4 is 5.78 Å². The second kappa shape index (κ2) is 4.26. The van der Waals surface area contributed by atoms with Crippen LogP contribution in [0.5, 0.6) is 0 Å². The first-order valence-electron chi connectivity index (χ1n) is 6.56. The van der Waals surface area contributed by atoms with E-state index < -0.39 is 0 Å². The molecule has 1 atom stereocenters. The number of hydrogen-bond donors (Lipinski definition) is 0. The Bertz CT molecular complexity index is 404. The molecule has 1 unspecified atom stereocenters. The molecule has 2 fully saturated rings. The monoisotopic (exact) mass is 230 g/mol. The van der Waals surface area contributed by atoms with Gasteiger partial charge in [-0.2, -0.15) is 0 Å². The predicted molar refractivity (Wildman–Crippen MR) is 65.8 cm³/mol. The third kappa shape index (κ3) is 1.91. The summed E-state index contributed by atoms with van der Waals surface area (Å²) in [6, 6.07) is 10.1. The van der Waals surface area contributed by atoms with Gasteiger partial charge in [-0.3, -0.25) is 4.79 Å². The third-order valence-electron chi connectivity index (χ3n) is 4.03. The number of rotatable bonds is 2. The van der Waals surface area contributed by atoms with Gasteiger partial charge in [0.1, 0.15) is 11.7 Å². The molecule has 0 N–H and O–H groups in total. The average molecular weight is 230 g/mol. The number of carbonyl (C=O) groups is 1. The summed E-state index contributed by atoms with van der Waals surface area (Å²) >= 11 is 0. The molecule has 1 aliphatic heterocycles. The van der Waals surface area contributed by atoms with Gasteiger partial charge < -0.3 is 4.74 Å². The van der Waals surface area contributed by atoms with Crippen LogP contribution in [-0.2, 0) is 16.0 Å². The van der Waals surface area contributed by atoms with Crippen LogP contribution in [0, 0.1) is 0 Å². The fourth-order valence-corrected chi connectivity index (χ4v) is 3.07. The van der Waals surface area contributed by atoms with E-state index in [-0.39, 0.29) is 11.7 Å². The van der Waals surface area contributed by atoms with Crippen molar-refractivity contribution < 1.29 is 9.53 Å². The minimum absolute atomic E-state index is 0.185. The quantitative estimate of drug-likeness (QED) is 0.781. The molecule has 2 heteroatoms. The third-order valence-corrected chi connectivity index (χ3v) is 4.03. The van der Waals surface area contributed by atoms with E-state index in [0.29, 0.717) is 5.78 Å². The summed E-state index contributed by atoms with van der Waals surface area (Å²) < 4.78 is 5.93. The van der Waals surface area contributed by atoms with Crippen LogP contribution in [0.2, 0.25) is 0 Å². The fraction of sp³-hybridized carbons (Fsp3) is 0.533. The Morgan fingerprint density at radius 3 is 2.47 bits per heavy atom. The lowest BCUT2D eigenvalue weighted by Gasteiger charge is -2.48. The molecule has 2 aliphatic rings. The van der Waals surface area contributed by atoms with Crippen molar-refractivity contribution in [2.24, 2.45) is 0 Å². The standard InChI is InChI=1S/C15H18O2/c16-14-13(11-12-7-3-1-4-8-12)17-15(14)9-5-2-6-10-15/h1,3-4,7-8,13H,2,5-6,9-11H2. The summed E-state index contributed by atoms with van der Waals surface area (Å²) in [7, 11) is 0. The molecule has 1 saturated carbocycles. The minimum atomic E-state index is -0.377. The maximum atomic E-state index is 12.2. The van der Waals surface area contributed by atoms with Crippen LogP contribution in [0.25, 0.3) is 0 Å². The molecule has 1 aliphatic carbocycles. The van der Waals surface area contributed by atoms with Crippen molar-refractivity contribution in [1.82, 2.24) is 0 Å². The molecular formula is C15H18O2. The molecule has 1 spiro atoms. The van der Waals surface area contributed by atoms with E-state index in [4.69, 9.17) is 4.74 Å². The van der Waals surface area contributed by atoms with Gasteiger partial charge in [-0.25, -0.2) is 0 Å². The van der Waals surface area contributed by atoms with Crippen molar-refractivity contribution in [3.05, 3.63) is 35.9 Å². The zero-order valence-electron chi connectivity index (χ0n) is 10.0. The maximum absolute atomic E-state index is 12.2. The zero-order chi connectivity index (χ0) is 11.7. The van der Waals surface area contributed by atoms with E-state index in [9.17, 15) is 4.79 Å². The lowest BCUT2D eigenvalue weighted by atomic mass is 9.74. The van der Waals surface area contributed by atoms with Gasteiger partial charge in [-0.1, -0.05) is 49.6 Å². The molecule has 1 aromatic carbocycles. The maximum Gasteiger partial charge on any atom is 0.193 e. The topological polar surface area (TPSA) is 26.3 Å². The van der Waals surface area contributed by atoms with Crippen LogP contribution in [0.15, 0.2) is 30.3 Å². The molecule has 0 aromatic heterocycles. The summed E-state index contributed by atoms with van der Waals surface area (Å²) in [6.07, 6.45) is 5.97. The smallest absolute Gasteiger partial charge is 0.193 e. The summed E-state index contributed by atoms with van der Waals surface area (Å²) in [4.78, 5) is 12.2. The first kappa shape index (κ1) is 11.0. The van der Waals surface area contributed by atoms with E-state index in [1.165, 1.54) is 12.0 Å². The highest BCUT2D eigenvalue weighted by atomic mass is 16.6. The van der Waals surface area contributed by atoms with Crippen molar-refractivity contribution in [3.8, 4) is 0 Å². The van der Waals surface area contributed by atoms with Crippen molar-refractivity contribution in [3.63, 3.8) is 0 Å². The van der Waals surface area contributed by atoms with Gasteiger partial charge in [-0.15, -0.1) is 0 Å². The highest BCUT2D eigenvalue weighted by Gasteiger charge is 2.54. The van der Waals surface area contributed by atoms with Crippen LogP contribution in [-0.4, -0.2) is 17.5 Å². The summed E-state index contributed by atoms with van der Waals surface area (Å²) in [5.74, 6) is 0.348. The van der Waals surface area contributed by atoms with Gasteiger partial charge in [0.25, 0.3) is 0 Å². The van der Waals surface area contributed by atoms with Crippen molar-refractivity contribution in [1.29, 1.82) is 0 Å². The second-order valence-electron chi connectivity index (χ2n) is 5.22. The Hall–Kier alpha value is -1.15. The highest BCUT2D eigenvalue weighted by molar-refractivity contribution is 5.96. The molecule has 3 rings (SSSR count). The lowest BCUT2D eigenvalue weighted by molar-refractivity contribution is -0.209. The van der Waals surface area contributed by atoms with Gasteiger partial charge in [0, 0.05) is 6.42 Å². The van der Waals surface area contributed by atoms with Gasteiger partial charge in [0.15, 0.2) is 5.78 Å². The number of hydrogen-bond acceptors (Lipinski definition) is 2. The van der Waals surface area contributed by atoms with Crippen LogP contribution < -0.4 is 0 Å². The molecule has 0 amide bonds. The molecule has 1 heterocycles. The Kier molecular flexibility index (Phi) is 2.75. The van der Waals surface area contributed by atoms with Gasteiger partial charge in [-0.05, 0) is 18.4 Å². The summed E-state index contributed by atoms with van der Waals surface area (Å²) in [6.45, 7) is 0. The number of Topliss-reactive ketones (excluding diaryl/α,β-unsaturated/α-hetero) is 1. The molecule has 17 heavy (non-hydrogen) atoms.